The van der Waals surface area contributed by atoms with Crippen LogP contribution >= 0.6 is 34.8 Å². The Labute approximate surface area is 197 Å². The van der Waals surface area contributed by atoms with Crippen molar-refractivity contribution < 1.29 is 48.6 Å². The summed E-state index contributed by atoms with van der Waals surface area (Å²) in [6.07, 6.45) is -8.88. The van der Waals surface area contributed by atoms with Crippen molar-refractivity contribution in [1.29, 1.82) is 0 Å². The standard InChI is InChI=1S/C17H11Cl3F7NO4S/c18-11-4-13(20)14(5-12(11)19)33(29,30)28-8-1-9(31-6-16(23,24)15(21)22)3-10(2-8)32-7-17(25,26)27/h1-5,15,28H,6-7H2. The van der Waals surface area contributed by atoms with Crippen LogP contribution in [0.15, 0.2) is 35.2 Å². The highest BCUT2D eigenvalue weighted by Gasteiger charge is 2.41. The number of alkyl halides is 7. The Hall–Kier alpha value is -1.83. The maximum absolute atomic E-state index is 13.1. The Bertz CT molecular complexity index is 1110. The van der Waals surface area contributed by atoms with Gasteiger partial charge in [0.15, 0.2) is 13.2 Å². The van der Waals surface area contributed by atoms with E-state index in [1.807, 2.05) is 4.72 Å². The fraction of sp³-hybridized carbons (Fsp3) is 0.294. The van der Waals surface area contributed by atoms with Gasteiger partial charge in [-0.3, -0.25) is 4.72 Å². The van der Waals surface area contributed by atoms with Gasteiger partial charge >= 0.3 is 18.5 Å². The van der Waals surface area contributed by atoms with Gasteiger partial charge in [-0.25, -0.2) is 17.2 Å². The van der Waals surface area contributed by atoms with Gasteiger partial charge in [0, 0.05) is 18.2 Å². The quantitative estimate of drug-likeness (QED) is 0.273. The minimum absolute atomic E-state index is 0.0705. The first kappa shape index (κ1) is 27.4. The van der Waals surface area contributed by atoms with Crippen LogP contribution in [0.3, 0.4) is 0 Å². The zero-order valence-corrected chi connectivity index (χ0v) is 18.8. The van der Waals surface area contributed by atoms with E-state index in [0.29, 0.717) is 6.07 Å². The monoisotopic (exact) mass is 563 g/mol. The smallest absolute Gasteiger partial charge is 0.422 e. The maximum Gasteiger partial charge on any atom is 0.422 e. The van der Waals surface area contributed by atoms with Gasteiger partial charge in [0.2, 0.25) is 0 Å². The fourth-order valence-electron chi connectivity index (χ4n) is 2.13. The van der Waals surface area contributed by atoms with Crippen molar-refractivity contribution >= 4 is 50.5 Å². The molecule has 1 N–H and O–H groups in total. The third kappa shape index (κ3) is 7.87. The summed E-state index contributed by atoms with van der Waals surface area (Å²) in [5.41, 5.74) is -0.521. The fourth-order valence-corrected chi connectivity index (χ4v) is 4.17. The molecule has 0 unspecified atom stereocenters. The highest BCUT2D eigenvalue weighted by Crippen LogP contribution is 2.35. The summed E-state index contributed by atoms with van der Waals surface area (Å²) in [5, 5.41) is -0.629. The largest absolute Gasteiger partial charge is 0.487 e. The topological polar surface area (TPSA) is 64.6 Å². The summed E-state index contributed by atoms with van der Waals surface area (Å²) < 4.78 is 125. The molecule has 2 aromatic rings. The van der Waals surface area contributed by atoms with Crippen LogP contribution < -0.4 is 14.2 Å². The Morgan fingerprint density at radius 3 is 1.85 bits per heavy atom. The molecule has 0 bridgehead atoms. The Morgan fingerprint density at radius 1 is 0.818 bits per heavy atom. The molecule has 0 aliphatic rings. The van der Waals surface area contributed by atoms with E-state index in [4.69, 9.17) is 34.8 Å². The summed E-state index contributed by atoms with van der Waals surface area (Å²) in [5.74, 6) is -5.94. The van der Waals surface area contributed by atoms with E-state index in [-0.39, 0.29) is 15.1 Å². The second-order valence-corrected chi connectivity index (χ2v) is 9.12. The van der Waals surface area contributed by atoms with Gasteiger partial charge in [-0.15, -0.1) is 0 Å². The summed E-state index contributed by atoms with van der Waals surface area (Å²) in [7, 11) is -4.54. The van der Waals surface area contributed by atoms with Crippen LogP contribution in [0.1, 0.15) is 0 Å². The molecule has 0 fully saturated rings. The molecular formula is C17H11Cl3F7NO4S. The summed E-state index contributed by atoms with van der Waals surface area (Å²) in [4.78, 5) is -0.577. The lowest BCUT2D eigenvalue weighted by Gasteiger charge is -2.18. The zero-order chi connectivity index (χ0) is 25.2. The Kier molecular flexibility index (Phi) is 8.47. The highest BCUT2D eigenvalue weighted by atomic mass is 35.5. The molecule has 33 heavy (non-hydrogen) atoms. The third-order valence-corrected chi connectivity index (χ3v) is 6.12. The van der Waals surface area contributed by atoms with E-state index < -0.39 is 63.8 Å². The minimum atomic E-state index is -4.80. The molecule has 184 valence electrons. The number of anilines is 1. The molecule has 2 rings (SSSR count). The lowest BCUT2D eigenvalue weighted by molar-refractivity contribution is -0.153. The third-order valence-electron chi connectivity index (χ3n) is 3.55. The molecule has 0 amide bonds. The van der Waals surface area contributed by atoms with Gasteiger partial charge in [0.1, 0.15) is 16.4 Å². The molecule has 0 aromatic heterocycles. The average molecular weight is 565 g/mol. The van der Waals surface area contributed by atoms with Crippen molar-refractivity contribution in [3.8, 4) is 11.5 Å². The lowest BCUT2D eigenvalue weighted by Crippen LogP contribution is -2.33. The number of benzene rings is 2. The van der Waals surface area contributed by atoms with Gasteiger partial charge < -0.3 is 9.47 Å². The SMILES string of the molecule is O=S(=O)(Nc1cc(OCC(F)(F)F)cc(OCC(F)(F)C(F)F)c1)c1cc(Cl)c(Cl)cc1Cl. The first-order valence-corrected chi connectivity index (χ1v) is 10.9. The summed E-state index contributed by atoms with van der Waals surface area (Å²) in [6, 6.07) is 4.11. The van der Waals surface area contributed by atoms with Crippen molar-refractivity contribution in [2.75, 3.05) is 17.9 Å². The van der Waals surface area contributed by atoms with Crippen molar-refractivity contribution in [2.24, 2.45) is 0 Å². The van der Waals surface area contributed by atoms with Crippen LogP contribution in [0.25, 0.3) is 0 Å². The predicted molar refractivity (Wildman–Crippen MR) is 107 cm³/mol. The predicted octanol–water partition coefficient (Wildman–Crippen LogP) is 6.67. The molecule has 0 spiro atoms. The van der Waals surface area contributed by atoms with E-state index in [0.717, 1.165) is 24.3 Å². The van der Waals surface area contributed by atoms with Crippen molar-refractivity contribution in [2.45, 2.75) is 23.4 Å². The number of sulfonamides is 1. The number of hydrogen-bond donors (Lipinski definition) is 1. The van der Waals surface area contributed by atoms with Crippen LogP contribution in [0.5, 0.6) is 11.5 Å². The number of ether oxygens (including phenoxy) is 2. The molecular weight excluding hydrogens is 554 g/mol. The lowest BCUT2D eigenvalue weighted by atomic mass is 10.3. The summed E-state index contributed by atoms with van der Waals surface area (Å²) >= 11 is 17.4. The highest BCUT2D eigenvalue weighted by molar-refractivity contribution is 7.92. The first-order valence-electron chi connectivity index (χ1n) is 8.31. The van der Waals surface area contributed by atoms with Gasteiger partial charge in [0.25, 0.3) is 10.0 Å². The van der Waals surface area contributed by atoms with Gasteiger partial charge in [-0.1, -0.05) is 34.8 Å². The maximum atomic E-state index is 13.1. The zero-order valence-electron chi connectivity index (χ0n) is 15.7. The van der Waals surface area contributed by atoms with Gasteiger partial charge in [-0.2, -0.15) is 22.0 Å². The molecule has 0 atom stereocenters. The second kappa shape index (κ2) is 10.2. The van der Waals surface area contributed by atoms with Gasteiger partial charge in [-0.05, 0) is 12.1 Å². The normalized spacial score (nSPS) is 12.7. The molecule has 0 aliphatic heterocycles. The molecule has 5 nitrogen and oxygen atoms in total. The van der Waals surface area contributed by atoms with E-state index >= 15 is 0 Å². The first-order chi connectivity index (χ1) is 15.0. The number of hydrogen-bond acceptors (Lipinski definition) is 4. The number of nitrogens with one attached hydrogen (secondary N) is 1. The molecule has 2 aromatic carbocycles. The van der Waals surface area contributed by atoms with E-state index in [1.54, 1.807) is 0 Å². The molecule has 0 saturated carbocycles. The van der Waals surface area contributed by atoms with Crippen molar-refractivity contribution in [3.63, 3.8) is 0 Å². The molecule has 0 aliphatic carbocycles. The van der Waals surface area contributed by atoms with E-state index in [1.165, 1.54) is 0 Å². The van der Waals surface area contributed by atoms with Crippen molar-refractivity contribution in [1.82, 2.24) is 0 Å². The Balaban J connectivity index is 2.40. The van der Waals surface area contributed by atoms with E-state index in [9.17, 15) is 39.2 Å². The van der Waals surface area contributed by atoms with E-state index in [2.05, 4.69) is 9.47 Å². The van der Waals surface area contributed by atoms with Crippen LogP contribution in [-0.4, -0.2) is 40.2 Å². The van der Waals surface area contributed by atoms with Crippen molar-refractivity contribution in [3.05, 3.63) is 45.4 Å². The average Bonchev–Trinajstić information content (AvgIpc) is 2.66. The number of halogens is 10. The summed E-state index contributed by atoms with van der Waals surface area (Å²) in [6.45, 7) is -3.67. The van der Waals surface area contributed by atoms with Crippen LogP contribution in [0.4, 0.5) is 36.4 Å². The van der Waals surface area contributed by atoms with Crippen LogP contribution in [0.2, 0.25) is 15.1 Å². The number of rotatable bonds is 9. The second-order valence-electron chi connectivity index (χ2n) is 6.25. The molecule has 0 radical (unpaired) electrons. The van der Waals surface area contributed by atoms with Gasteiger partial charge in [0.05, 0.1) is 20.8 Å². The molecule has 0 heterocycles. The Morgan fingerprint density at radius 2 is 1.33 bits per heavy atom. The molecule has 16 heteroatoms. The van der Waals surface area contributed by atoms with Crippen LogP contribution in [0, 0.1) is 0 Å². The molecule has 0 saturated heterocycles. The minimum Gasteiger partial charge on any atom is -0.487 e. The van der Waals surface area contributed by atoms with Crippen LogP contribution in [-0.2, 0) is 10.0 Å².